The van der Waals surface area contributed by atoms with E-state index in [1.807, 2.05) is 0 Å². The minimum absolute atomic E-state index is 0.275. The van der Waals surface area contributed by atoms with Crippen LogP contribution in [0, 0.1) is 11.8 Å². The number of allylic oxidation sites excluding steroid dienone is 2. The topological polar surface area (TPSA) is 9.23 Å². The van der Waals surface area contributed by atoms with Crippen molar-refractivity contribution in [3.63, 3.8) is 0 Å². The summed E-state index contributed by atoms with van der Waals surface area (Å²) in [6.45, 7) is 1.66. The average Bonchev–Trinajstić information content (AvgIpc) is 2.43. The van der Waals surface area contributed by atoms with E-state index >= 15 is 0 Å². The lowest BCUT2D eigenvalue weighted by atomic mass is 9.78. The van der Waals surface area contributed by atoms with Gasteiger partial charge in [0.1, 0.15) is 30.6 Å². The van der Waals surface area contributed by atoms with Crippen LogP contribution in [0.1, 0.15) is 32.6 Å². The maximum Gasteiger partial charge on any atom is 0.364 e. The van der Waals surface area contributed by atoms with Gasteiger partial charge in [-0.2, -0.15) is 8.78 Å². The molecule has 8 heteroatoms. The number of hydrogen-bond donors (Lipinski definition) is 0. The van der Waals surface area contributed by atoms with Gasteiger partial charge in [-0.15, -0.1) is 0 Å². The molecule has 0 spiro atoms. The highest BCUT2D eigenvalue weighted by Gasteiger charge is 2.55. The van der Waals surface area contributed by atoms with Gasteiger partial charge in [-0.3, -0.25) is 0 Å². The Balaban J connectivity index is 2.04. The van der Waals surface area contributed by atoms with Crippen molar-refractivity contribution in [3.8, 4) is 0 Å². The molecule has 0 aromatic rings. The Hall–Kier alpha value is -0.790. The summed E-state index contributed by atoms with van der Waals surface area (Å²) < 4.78 is 101. The van der Waals surface area contributed by atoms with Gasteiger partial charge < -0.3 is 4.74 Å². The van der Waals surface area contributed by atoms with E-state index in [0.29, 0.717) is 0 Å². The molecule has 0 N–H and O–H groups in total. The molecule has 2 saturated carbocycles. The Bertz CT molecular complexity index is 420. The third-order valence-corrected chi connectivity index (χ3v) is 4.68. The fraction of sp³-hybridized carbons (Fsp3) is 0.875. The third kappa shape index (κ3) is 4.24. The van der Waals surface area contributed by atoms with E-state index in [1.54, 1.807) is 19.1 Å². The molecule has 0 amide bonds. The Morgan fingerprint density at radius 3 is 1.79 bits per heavy atom. The van der Waals surface area contributed by atoms with Crippen molar-refractivity contribution < 1.29 is 35.5 Å². The maximum atomic E-state index is 14.2. The molecule has 1 nitrogen and oxygen atoms in total. The van der Waals surface area contributed by atoms with E-state index < -0.39 is 67.7 Å². The van der Waals surface area contributed by atoms with Crippen LogP contribution in [-0.4, -0.2) is 43.1 Å². The third-order valence-electron chi connectivity index (χ3n) is 4.68. The van der Waals surface area contributed by atoms with Crippen molar-refractivity contribution in [3.05, 3.63) is 12.2 Å². The van der Waals surface area contributed by atoms with Crippen LogP contribution in [0.5, 0.6) is 0 Å². The SMILES string of the molecule is CC=CC1CC(F)C(C(F)(F)OC2CC(F)C(F)C(F)C2)C(F)C1. The summed E-state index contributed by atoms with van der Waals surface area (Å²) >= 11 is 0. The normalized spacial score (nSPS) is 44.8. The van der Waals surface area contributed by atoms with E-state index in [-0.39, 0.29) is 12.8 Å². The Labute approximate surface area is 136 Å². The highest BCUT2D eigenvalue weighted by atomic mass is 19.3. The molecule has 4 unspecified atom stereocenters. The zero-order valence-electron chi connectivity index (χ0n) is 13.2. The van der Waals surface area contributed by atoms with Crippen molar-refractivity contribution in [2.45, 2.75) is 75.7 Å². The summed E-state index contributed by atoms with van der Waals surface area (Å²) in [6, 6.07) is 0. The Morgan fingerprint density at radius 2 is 1.33 bits per heavy atom. The molecule has 4 atom stereocenters. The quantitative estimate of drug-likeness (QED) is 0.502. The number of hydrogen-bond acceptors (Lipinski definition) is 1. The molecule has 0 saturated heterocycles. The summed E-state index contributed by atoms with van der Waals surface area (Å²) in [5.41, 5.74) is 0. The molecule has 2 aliphatic carbocycles. The second-order valence-corrected chi connectivity index (χ2v) is 6.56. The average molecular weight is 362 g/mol. The fourth-order valence-corrected chi connectivity index (χ4v) is 3.53. The zero-order chi connectivity index (χ0) is 18.1. The number of alkyl halides is 7. The lowest BCUT2D eigenvalue weighted by Gasteiger charge is -2.40. The van der Waals surface area contributed by atoms with E-state index in [2.05, 4.69) is 4.74 Å². The van der Waals surface area contributed by atoms with Gasteiger partial charge in [0.15, 0.2) is 6.17 Å². The number of halogens is 7. The second-order valence-electron chi connectivity index (χ2n) is 6.56. The molecule has 0 aliphatic heterocycles. The monoisotopic (exact) mass is 362 g/mol. The summed E-state index contributed by atoms with van der Waals surface area (Å²) in [4.78, 5) is 0. The fourth-order valence-electron chi connectivity index (χ4n) is 3.53. The van der Waals surface area contributed by atoms with E-state index in [9.17, 15) is 30.7 Å². The van der Waals surface area contributed by atoms with Crippen molar-refractivity contribution >= 4 is 0 Å². The first-order valence-electron chi connectivity index (χ1n) is 8.04. The Morgan fingerprint density at radius 1 is 0.833 bits per heavy atom. The van der Waals surface area contributed by atoms with E-state index in [0.717, 1.165) is 0 Å². The van der Waals surface area contributed by atoms with Gasteiger partial charge in [-0.05, 0) is 25.7 Å². The van der Waals surface area contributed by atoms with Gasteiger partial charge in [0, 0.05) is 12.8 Å². The molecule has 0 aromatic carbocycles. The van der Waals surface area contributed by atoms with Crippen LogP contribution in [0.4, 0.5) is 30.7 Å². The van der Waals surface area contributed by atoms with Crippen LogP contribution in [0.3, 0.4) is 0 Å². The molecule has 0 heterocycles. The largest absolute Gasteiger partial charge is 0.364 e. The first kappa shape index (κ1) is 19.5. The van der Waals surface area contributed by atoms with Gasteiger partial charge in [0.05, 0.1) is 6.10 Å². The molecule has 0 radical (unpaired) electrons. The molecule has 24 heavy (non-hydrogen) atoms. The lowest BCUT2D eigenvalue weighted by Crippen LogP contribution is -2.51. The molecular formula is C16H21F7O. The van der Waals surface area contributed by atoms with Gasteiger partial charge in [0.2, 0.25) is 0 Å². The zero-order valence-corrected chi connectivity index (χ0v) is 13.2. The summed E-state index contributed by atoms with van der Waals surface area (Å²) in [5, 5.41) is 0. The van der Waals surface area contributed by atoms with Crippen LogP contribution in [0.2, 0.25) is 0 Å². The van der Waals surface area contributed by atoms with Gasteiger partial charge in [-0.25, -0.2) is 22.0 Å². The van der Waals surface area contributed by atoms with Crippen LogP contribution < -0.4 is 0 Å². The van der Waals surface area contributed by atoms with Gasteiger partial charge in [0.25, 0.3) is 0 Å². The summed E-state index contributed by atoms with van der Waals surface area (Å²) in [5.74, 6) is -2.82. The standard InChI is InChI=1S/C16H21F7O/c1-2-3-8-4-10(17)14(11(18)5-8)16(22,23)24-9-6-12(19)15(21)13(20)7-9/h2-3,8-15H,4-7H2,1H3. The number of ether oxygens (including phenoxy) is 1. The lowest BCUT2D eigenvalue weighted by molar-refractivity contribution is -0.322. The van der Waals surface area contributed by atoms with Crippen molar-refractivity contribution in [1.82, 2.24) is 0 Å². The highest BCUT2D eigenvalue weighted by molar-refractivity contribution is 4.98. The van der Waals surface area contributed by atoms with Crippen LogP contribution in [0.15, 0.2) is 12.2 Å². The predicted octanol–water partition coefficient (Wildman–Crippen LogP) is 5.05. The maximum absolute atomic E-state index is 14.2. The Kier molecular flexibility index (Phi) is 6.20. The minimum Gasteiger partial charge on any atom is -0.317 e. The summed E-state index contributed by atoms with van der Waals surface area (Å²) in [6.07, 6.45) is -16.0. The van der Waals surface area contributed by atoms with Crippen LogP contribution >= 0.6 is 0 Å². The highest BCUT2D eigenvalue weighted by Crippen LogP contribution is 2.45. The minimum atomic E-state index is -4.22. The molecule has 140 valence electrons. The smallest absolute Gasteiger partial charge is 0.317 e. The van der Waals surface area contributed by atoms with Gasteiger partial charge >= 0.3 is 6.11 Å². The molecule has 0 aromatic heterocycles. The molecule has 2 rings (SSSR count). The molecule has 0 bridgehead atoms. The summed E-state index contributed by atoms with van der Waals surface area (Å²) in [7, 11) is 0. The number of rotatable bonds is 4. The first-order chi connectivity index (χ1) is 11.2. The van der Waals surface area contributed by atoms with Crippen LogP contribution in [-0.2, 0) is 4.74 Å². The second kappa shape index (κ2) is 7.62. The molecule has 2 fully saturated rings. The van der Waals surface area contributed by atoms with Crippen LogP contribution in [0.25, 0.3) is 0 Å². The van der Waals surface area contributed by atoms with Crippen molar-refractivity contribution in [2.24, 2.45) is 11.8 Å². The molecule has 2 aliphatic rings. The van der Waals surface area contributed by atoms with E-state index in [4.69, 9.17) is 0 Å². The van der Waals surface area contributed by atoms with E-state index in [1.165, 1.54) is 0 Å². The van der Waals surface area contributed by atoms with Crippen molar-refractivity contribution in [1.29, 1.82) is 0 Å². The molecular weight excluding hydrogens is 341 g/mol. The predicted molar refractivity (Wildman–Crippen MR) is 74.6 cm³/mol. The first-order valence-corrected chi connectivity index (χ1v) is 8.04. The van der Waals surface area contributed by atoms with Gasteiger partial charge in [-0.1, -0.05) is 12.2 Å². The van der Waals surface area contributed by atoms with Crippen molar-refractivity contribution in [2.75, 3.05) is 0 Å².